The normalized spacial score (nSPS) is 47.7. The van der Waals surface area contributed by atoms with E-state index < -0.39 is 0 Å². The second kappa shape index (κ2) is 1.48. The lowest BCUT2D eigenvalue weighted by atomic mass is 9.89. The molecule has 1 N–H and O–H groups in total. The molecule has 3 unspecified atom stereocenters. The van der Waals surface area contributed by atoms with Crippen molar-refractivity contribution in [3.63, 3.8) is 0 Å². The van der Waals surface area contributed by atoms with Crippen LogP contribution in [0.15, 0.2) is 0 Å². The first kappa shape index (κ1) is 5.23. The molecule has 2 aliphatic heterocycles. The van der Waals surface area contributed by atoms with Gasteiger partial charge in [0, 0.05) is 0 Å². The molecule has 0 aromatic rings. The minimum Gasteiger partial charge on any atom is -0.375 e. The smallest absolute Gasteiger partial charge is 0.228 e. The van der Waals surface area contributed by atoms with Gasteiger partial charge in [0.2, 0.25) is 5.91 Å². The highest BCUT2D eigenvalue weighted by atomic mass is 16.5. The van der Waals surface area contributed by atoms with E-state index in [2.05, 4.69) is 5.32 Å². The van der Waals surface area contributed by atoms with Crippen molar-refractivity contribution < 1.29 is 9.53 Å². The van der Waals surface area contributed by atoms with Crippen LogP contribution >= 0.6 is 0 Å². The summed E-state index contributed by atoms with van der Waals surface area (Å²) in [4.78, 5) is 10.7. The summed E-state index contributed by atoms with van der Waals surface area (Å²) in [6, 6.07) is 0.326. The monoisotopic (exact) mass is 127 g/mol. The van der Waals surface area contributed by atoms with Crippen molar-refractivity contribution in [3.8, 4) is 0 Å². The van der Waals surface area contributed by atoms with E-state index >= 15 is 0 Å². The molecule has 2 saturated heterocycles. The molecule has 1 amide bonds. The maximum Gasteiger partial charge on any atom is 0.228 e. The summed E-state index contributed by atoms with van der Waals surface area (Å²) in [6.45, 7) is 2.65. The molecule has 50 valence electrons. The van der Waals surface area contributed by atoms with Gasteiger partial charge in [-0.2, -0.15) is 0 Å². The molecule has 2 aliphatic rings. The first-order chi connectivity index (χ1) is 4.29. The van der Waals surface area contributed by atoms with E-state index in [9.17, 15) is 4.79 Å². The summed E-state index contributed by atoms with van der Waals surface area (Å²) in [5.41, 5.74) is 0. The number of carbonyl (C=O) groups excluding carboxylic acids is 1. The summed E-state index contributed by atoms with van der Waals surface area (Å²) in [5.74, 6) is 0.315. The van der Waals surface area contributed by atoms with Gasteiger partial charge >= 0.3 is 0 Å². The molecule has 0 aromatic carbocycles. The van der Waals surface area contributed by atoms with Gasteiger partial charge in [0.1, 0.15) is 0 Å². The molecule has 3 nitrogen and oxygen atoms in total. The van der Waals surface area contributed by atoms with Crippen LogP contribution in [-0.2, 0) is 9.53 Å². The van der Waals surface area contributed by atoms with Crippen LogP contribution in [0.3, 0.4) is 0 Å². The number of carbonyl (C=O) groups is 1. The van der Waals surface area contributed by atoms with Crippen molar-refractivity contribution in [2.75, 3.05) is 6.61 Å². The Morgan fingerprint density at radius 1 is 1.78 bits per heavy atom. The van der Waals surface area contributed by atoms with E-state index in [4.69, 9.17) is 4.74 Å². The van der Waals surface area contributed by atoms with Gasteiger partial charge in [-0.25, -0.2) is 0 Å². The minimum absolute atomic E-state index is 0.142. The minimum atomic E-state index is 0.142. The Hall–Kier alpha value is -0.570. The third kappa shape index (κ3) is 0.525. The second-order valence-corrected chi connectivity index (χ2v) is 2.68. The molecule has 0 aromatic heterocycles. The Balaban J connectivity index is 2.14. The van der Waals surface area contributed by atoms with Gasteiger partial charge in [-0.1, -0.05) is 0 Å². The van der Waals surface area contributed by atoms with Crippen molar-refractivity contribution in [1.82, 2.24) is 5.32 Å². The van der Waals surface area contributed by atoms with Gasteiger partial charge in [-0.05, 0) is 6.92 Å². The van der Waals surface area contributed by atoms with Crippen molar-refractivity contribution in [1.29, 1.82) is 0 Å². The fourth-order valence-corrected chi connectivity index (χ4v) is 1.50. The van der Waals surface area contributed by atoms with Gasteiger partial charge in [0.25, 0.3) is 0 Å². The summed E-state index contributed by atoms with van der Waals surface area (Å²) < 4.78 is 5.23. The number of fused-ring (bicyclic) bond motifs is 1. The zero-order valence-corrected chi connectivity index (χ0v) is 5.26. The van der Waals surface area contributed by atoms with Crippen molar-refractivity contribution >= 4 is 5.91 Å². The quantitative estimate of drug-likeness (QED) is 0.446. The van der Waals surface area contributed by atoms with Crippen LogP contribution in [0.1, 0.15) is 6.92 Å². The predicted octanol–water partition coefficient (Wildman–Crippen LogP) is -0.480. The van der Waals surface area contributed by atoms with Gasteiger partial charge in [-0.3, -0.25) is 4.79 Å². The summed E-state index contributed by atoms with van der Waals surface area (Å²) in [7, 11) is 0. The fraction of sp³-hybridized carbons (Fsp3) is 0.833. The SMILES string of the molecule is CC1OCC2NC(=O)C21. The number of nitrogens with one attached hydrogen (secondary N) is 1. The zero-order chi connectivity index (χ0) is 6.43. The number of rotatable bonds is 0. The molecule has 0 aliphatic carbocycles. The van der Waals surface area contributed by atoms with Gasteiger partial charge < -0.3 is 10.1 Å². The number of ether oxygens (including phenoxy) is 1. The first-order valence-electron chi connectivity index (χ1n) is 3.21. The standard InChI is InChI=1S/C6H9NO2/c1-3-5-4(2-9-3)7-6(5)8/h3-5H,2H2,1H3,(H,7,8). The van der Waals surface area contributed by atoms with Crippen LogP contribution in [0.5, 0.6) is 0 Å². The highest BCUT2D eigenvalue weighted by Gasteiger charge is 2.48. The van der Waals surface area contributed by atoms with Crippen molar-refractivity contribution in [2.24, 2.45) is 5.92 Å². The Labute approximate surface area is 53.4 Å². The topological polar surface area (TPSA) is 38.3 Å². The molecule has 2 heterocycles. The summed E-state index contributed by atoms with van der Waals surface area (Å²) in [6.07, 6.45) is 0.142. The maximum absolute atomic E-state index is 10.7. The molecule has 0 bridgehead atoms. The lowest BCUT2D eigenvalue weighted by molar-refractivity contribution is -0.134. The summed E-state index contributed by atoms with van der Waals surface area (Å²) >= 11 is 0. The van der Waals surface area contributed by atoms with Crippen molar-refractivity contribution in [2.45, 2.75) is 19.1 Å². The van der Waals surface area contributed by atoms with Crippen molar-refractivity contribution in [3.05, 3.63) is 0 Å². The van der Waals surface area contributed by atoms with Crippen LogP contribution in [0.2, 0.25) is 0 Å². The zero-order valence-electron chi connectivity index (χ0n) is 5.26. The Kier molecular flexibility index (Phi) is 0.858. The van der Waals surface area contributed by atoms with Gasteiger partial charge in [0.15, 0.2) is 0 Å². The molecule has 2 fully saturated rings. The predicted molar refractivity (Wildman–Crippen MR) is 30.8 cm³/mol. The van der Waals surface area contributed by atoms with Crippen LogP contribution in [0, 0.1) is 5.92 Å². The van der Waals surface area contributed by atoms with Crippen LogP contribution in [0.25, 0.3) is 0 Å². The molecule has 0 saturated carbocycles. The first-order valence-corrected chi connectivity index (χ1v) is 3.21. The molecule has 0 spiro atoms. The number of amides is 1. The third-order valence-electron chi connectivity index (χ3n) is 2.11. The van der Waals surface area contributed by atoms with E-state index in [0.29, 0.717) is 12.6 Å². The Morgan fingerprint density at radius 2 is 2.56 bits per heavy atom. The van der Waals surface area contributed by atoms with E-state index in [0.717, 1.165) is 0 Å². The average molecular weight is 127 g/mol. The lowest BCUT2D eigenvalue weighted by Gasteiger charge is -2.30. The Morgan fingerprint density at radius 3 is 3.00 bits per heavy atom. The van der Waals surface area contributed by atoms with Gasteiger partial charge in [-0.15, -0.1) is 0 Å². The largest absolute Gasteiger partial charge is 0.375 e. The molecule has 9 heavy (non-hydrogen) atoms. The molecular weight excluding hydrogens is 118 g/mol. The van der Waals surface area contributed by atoms with E-state index in [1.165, 1.54) is 0 Å². The average Bonchev–Trinajstić information content (AvgIpc) is 2.04. The van der Waals surface area contributed by atoms with Crippen LogP contribution in [0.4, 0.5) is 0 Å². The molecule has 2 rings (SSSR count). The molecular formula is C6H9NO2. The molecule has 3 atom stereocenters. The van der Waals surface area contributed by atoms with Crippen LogP contribution < -0.4 is 5.32 Å². The van der Waals surface area contributed by atoms with E-state index in [-0.39, 0.29) is 17.9 Å². The van der Waals surface area contributed by atoms with E-state index in [1.807, 2.05) is 6.92 Å². The number of β-lactam (4-membered cyclic amide) rings is 1. The van der Waals surface area contributed by atoms with E-state index in [1.54, 1.807) is 0 Å². The summed E-state index contributed by atoms with van der Waals surface area (Å²) in [5, 5.41) is 2.77. The van der Waals surface area contributed by atoms with Crippen LogP contribution in [-0.4, -0.2) is 24.7 Å². The molecule has 3 heteroatoms. The van der Waals surface area contributed by atoms with Gasteiger partial charge in [0.05, 0.1) is 24.7 Å². The maximum atomic E-state index is 10.7. The fourth-order valence-electron chi connectivity index (χ4n) is 1.50. The Bertz CT molecular complexity index is 151. The number of hydrogen-bond donors (Lipinski definition) is 1. The highest BCUT2D eigenvalue weighted by molar-refractivity contribution is 5.86. The molecule has 0 radical (unpaired) electrons. The highest BCUT2D eigenvalue weighted by Crippen LogP contribution is 2.27. The lowest BCUT2D eigenvalue weighted by Crippen LogP contribution is -2.58. The second-order valence-electron chi connectivity index (χ2n) is 2.68. The third-order valence-corrected chi connectivity index (χ3v) is 2.11. The number of hydrogen-bond acceptors (Lipinski definition) is 2.